The lowest BCUT2D eigenvalue weighted by molar-refractivity contribution is 0.0997. The van der Waals surface area contributed by atoms with E-state index in [-0.39, 0.29) is 38.2 Å². The molecule has 122 valence electrons. The molecule has 0 radical (unpaired) electrons. The summed E-state index contributed by atoms with van der Waals surface area (Å²) in [7, 11) is 0. The van der Waals surface area contributed by atoms with Crippen LogP contribution in [0.3, 0.4) is 0 Å². The molecule has 24 heavy (non-hydrogen) atoms. The van der Waals surface area contributed by atoms with Crippen LogP contribution in [0.5, 0.6) is 5.75 Å². The van der Waals surface area contributed by atoms with Gasteiger partial charge in [-0.3, -0.25) is 9.59 Å². The Morgan fingerprint density at radius 1 is 1.04 bits per heavy atom. The van der Waals surface area contributed by atoms with Crippen molar-refractivity contribution in [2.75, 3.05) is 5.32 Å². The zero-order chi connectivity index (χ0) is 17.4. The number of benzene rings is 2. The number of amides is 1. The highest BCUT2D eigenvalue weighted by atomic mass is 35.5. The Labute approximate surface area is 150 Å². The van der Waals surface area contributed by atoms with Crippen LogP contribution in [-0.4, -0.2) is 11.0 Å². The number of nitrogens with one attached hydrogen (secondary N) is 1. The number of hydrogen-bond donors (Lipinski definition) is 2. The molecule has 0 aliphatic heterocycles. The predicted molar refractivity (Wildman–Crippen MR) is 93.6 cm³/mol. The zero-order valence-corrected chi connectivity index (χ0v) is 14.0. The Balaban J connectivity index is 2.03. The SMILES string of the molecule is O=C(Nc1ccc(Cl)cc1O)c1cc(=O)c2cc(Cl)cc(Cl)c2o1. The molecule has 3 rings (SSSR count). The predicted octanol–water partition coefficient (Wildman–Crippen LogP) is 4.71. The number of carbonyl (C=O) groups excluding carboxylic acids is 1. The standard InChI is InChI=1S/C16H8Cl3NO4/c17-7-1-2-11(13(22)5-7)20-16(23)14-6-12(21)9-3-8(18)4-10(19)15(9)24-14/h1-6,22H,(H,20,23). The molecule has 1 aromatic heterocycles. The first-order valence-electron chi connectivity index (χ1n) is 6.58. The van der Waals surface area contributed by atoms with Gasteiger partial charge in [-0.05, 0) is 24.3 Å². The van der Waals surface area contributed by atoms with Crippen molar-refractivity contribution >= 4 is 57.4 Å². The fourth-order valence-corrected chi connectivity index (χ4v) is 2.79. The lowest BCUT2D eigenvalue weighted by Gasteiger charge is -2.08. The first-order chi connectivity index (χ1) is 11.3. The van der Waals surface area contributed by atoms with Crippen molar-refractivity contribution in [1.29, 1.82) is 0 Å². The second-order valence-electron chi connectivity index (χ2n) is 4.85. The van der Waals surface area contributed by atoms with Crippen LogP contribution in [0.4, 0.5) is 5.69 Å². The third-order valence-electron chi connectivity index (χ3n) is 3.18. The molecule has 0 saturated heterocycles. The summed E-state index contributed by atoms with van der Waals surface area (Å²) in [5, 5.41) is 13.1. The summed E-state index contributed by atoms with van der Waals surface area (Å²) in [5.41, 5.74) is -0.292. The van der Waals surface area contributed by atoms with Gasteiger partial charge in [0, 0.05) is 22.2 Å². The molecule has 0 fully saturated rings. The van der Waals surface area contributed by atoms with Crippen molar-refractivity contribution in [2.24, 2.45) is 0 Å². The first kappa shape index (κ1) is 16.6. The largest absolute Gasteiger partial charge is 0.506 e. The Kier molecular flexibility index (Phi) is 4.41. The van der Waals surface area contributed by atoms with Gasteiger partial charge in [0.15, 0.2) is 16.8 Å². The molecule has 1 heterocycles. The molecule has 0 atom stereocenters. The molecule has 0 saturated carbocycles. The van der Waals surface area contributed by atoms with Gasteiger partial charge in [0.05, 0.1) is 16.1 Å². The number of aromatic hydroxyl groups is 1. The molecule has 5 nitrogen and oxygen atoms in total. The maximum atomic E-state index is 12.3. The van der Waals surface area contributed by atoms with Crippen molar-refractivity contribution < 1.29 is 14.3 Å². The number of halogens is 3. The van der Waals surface area contributed by atoms with E-state index < -0.39 is 11.3 Å². The van der Waals surface area contributed by atoms with Crippen LogP contribution in [0, 0.1) is 0 Å². The van der Waals surface area contributed by atoms with E-state index >= 15 is 0 Å². The topological polar surface area (TPSA) is 79.5 Å². The molecule has 0 unspecified atom stereocenters. The number of fused-ring (bicyclic) bond motifs is 1. The minimum absolute atomic E-state index is 0.0547. The third-order valence-corrected chi connectivity index (χ3v) is 3.91. The summed E-state index contributed by atoms with van der Waals surface area (Å²) >= 11 is 17.6. The van der Waals surface area contributed by atoms with Crippen LogP contribution in [0.2, 0.25) is 15.1 Å². The molecule has 3 aromatic rings. The highest BCUT2D eigenvalue weighted by Gasteiger charge is 2.16. The molecule has 8 heteroatoms. The summed E-state index contributed by atoms with van der Waals surface area (Å²) in [6.07, 6.45) is 0. The van der Waals surface area contributed by atoms with Crippen LogP contribution >= 0.6 is 34.8 Å². The van der Waals surface area contributed by atoms with Gasteiger partial charge in [-0.2, -0.15) is 0 Å². The monoisotopic (exact) mass is 383 g/mol. The number of phenols is 1. The summed E-state index contributed by atoms with van der Waals surface area (Å²) < 4.78 is 5.42. The number of anilines is 1. The third kappa shape index (κ3) is 3.19. The molecular weight excluding hydrogens is 377 g/mol. The lowest BCUT2D eigenvalue weighted by atomic mass is 10.2. The van der Waals surface area contributed by atoms with Gasteiger partial charge in [-0.25, -0.2) is 0 Å². The summed E-state index contributed by atoms with van der Waals surface area (Å²) in [4.78, 5) is 24.4. The smallest absolute Gasteiger partial charge is 0.291 e. The van der Waals surface area contributed by atoms with Gasteiger partial charge >= 0.3 is 0 Å². The van der Waals surface area contributed by atoms with Gasteiger partial charge in [0.1, 0.15) is 5.75 Å². The second-order valence-corrected chi connectivity index (χ2v) is 6.13. The molecule has 0 aliphatic rings. The van der Waals surface area contributed by atoms with Crippen LogP contribution in [-0.2, 0) is 0 Å². The van der Waals surface area contributed by atoms with Crippen LogP contribution < -0.4 is 10.7 Å². The maximum absolute atomic E-state index is 12.3. The summed E-state index contributed by atoms with van der Waals surface area (Å²) in [5.74, 6) is -1.20. The van der Waals surface area contributed by atoms with E-state index in [0.29, 0.717) is 5.02 Å². The molecule has 0 spiro atoms. The normalized spacial score (nSPS) is 10.8. The Hall–Kier alpha value is -2.21. The van der Waals surface area contributed by atoms with Gasteiger partial charge in [-0.15, -0.1) is 0 Å². The van der Waals surface area contributed by atoms with E-state index in [2.05, 4.69) is 5.32 Å². The van der Waals surface area contributed by atoms with Gasteiger partial charge < -0.3 is 14.8 Å². The average molecular weight is 385 g/mol. The van der Waals surface area contributed by atoms with E-state index in [1.54, 1.807) is 0 Å². The van der Waals surface area contributed by atoms with Crippen molar-refractivity contribution in [3.8, 4) is 5.75 Å². The minimum atomic E-state index is -0.724. The Morgan fingerprint density at radius 3 is 2.50 bits per heavy atom. The summed E-state index contributed by atoms with van der Waals surface area (Å²) in [6.45, 7) is 0. The number of hydrogen-bond acceptors (Lipinski definition) is 4. The molecule has 2 N–H and O–H groups in total. The zero-order valence-electron chi connectivity index (χ0n) is 11.8. The van der Waals surface area contributed by atoms with E-state index in [0.717, 1.165) is 6.07 Å². The first-order valence-corrected chi connectivity index (χ1v) is 7.71. The minimum Gasteiger partial charge on any atom is -0.506 e. The quantitative estimate of drug-likeness (QED) is 0.627. The van der Waals surface area contributed by atoms with Crippen molar-refractivity contribution in [3.05, 3.63) is 67.4 Å². The molecular formula is C16H8Cl3NO4. The number of phenolic OH excluding ortho intramolecular Hbond substituents is 1. The number of rotatable bonds is 2. The van der Waals surface area contributed by atoms with E-state index in [1.807, 2.05) is 0 Å². The molecule has 2 aromatic carbocycles. The van der Waals surface area contributed by atoms with Gasteiger partial charge in [-0.1, -0.05) is 34.8 Å². The second kappa shape index (κ2) is 6.36. The van der Waals surface area contributed by atoms with E-state index in [1.165, 1.54) is 30.3 Å². The fraction of sp³-hybridized carbons (Fsp3) is 0. The Morgan fingerprint density at radius 2 is 1.79 bits per heavy atom. The molecule has 1 amide bonds. The number of carbonyl (C=O) groups is 1. The highest BCUT2D eigenvalue weighted by molar-refractivity contribution is 6.38. The van der Waals surface area contributed by atoms with Crippen molar-refractivity contribution in [2.45, 2.75) is 0 Å². The molecule has 0 bridgehead atoms. The van der Waals surface area contributed by atoms with Crippen LogP contribution in [0.1, 0.15) is 10.6 Å². The van der Waals surface area contributed by atoms with Crippen LogP contribution in [0.25, 0.3) is 11.0 Å². The van der Waals surface area contributed by atoms with Gasteiger partial charge in [0.25, 0.3) is 5.91 Å². The van der Waals surface area contributed by atoms with Crippen molar-refractivity contribution in [3.63, 3.8) is 0 Å². The van der Waals surface area contributed by atoms with Crippen LogP contribution in [0.15, 0.2) is 45.6 Å². The lowest BCUT2D eigenvalue weighted by Crippen LogP contribution is -2.15. The summed E-state index contributed by atoms with van der Waals surface area (Å²) in [6, 6.07) is 8.01. The fourth-order valence-electron chi connectivity index (χ4n) is 2.09. The van der Waals surface area contributed by atoms with Gasteiger partial charge in [0.2, 0.25) is 0 Å². The van der Waals surface area contributed by atoms with E-state index in [4.69, 9.17) is 39.2 Å². The van der Waals surface area contributed by atoms with E-state index in [9.17, 15) is 14.7 Å². The highest BCUT2D eigenvalue weighted by Crippen LogP contribution is 2.29. The Bertz CT molecular complexity index is 1030. The average Bonchev–Trinajstić information content (AvgIpc) is 2.50. The molecule has 0 aliphatic carbocycles. The maximum Gasteiger partial charge on any atom is 0.291 e. The van der Waals surface area contributed by atoms with Crippen molar-refractivity contribution in [1.82, 2.24) is 0 Å².